The first-order chi connectivity index (χ1) is 10.2. The lowest BCUT2D eigenvalue weighted by Gasteiger charge is -2.35. The molecular formula is C17H20FN3. The molecule has 110 valence electrons. The van der Waals surface area contributed by atoms with Gasteiger partial charge in [-0.05, 0) is 38.4 Å². The summed E-state index contributed by atoms with van der Waals surface area (Å²) in [5.41, 5.74) is 1.81. The highest BCUT2D eigenvalue weighted by molar-refractivity contribution is 5.18. The Morgan fingerprint density at radius 1 is 1.24 bits per heavy atom. The smallest absolute Gasteiger partial charge is 0.127 e. The maximum Gasteiger partial charge on any atom is 0.127 e. The summed E-state index contributed by atoms with van der Waals surface area (Å²) in [5.74, 6) is 0.671. The van der Waals surface area contributed by atoms with Gasteiger partial charge in [-0.1, -0.05) is 24.6 Å². The summed E-state index contributed by atoms with van der Waals surface area (Å²) in [6.07, 6.45) is 5.25. The third-order valence-corrected chi connectivity index (χ3v) is 4.08. The fourth-order valence-corrected chi connectivity index (χ4v) is 3.02. The normalized spacial score (nSPS) is 19.6. The highest BCUT2D eigenvalue weighted by Gasteiger charge is 2.25. The van der Waals surface area contributed by atoms with E-state index in [2.05, 4.69) is 14.9 Å². The van der Waals surface area contributed by atoms with Crippen molar-refractivity contribution in [2.75, 3.05) is 6.54 Å². The van der Waals surface area contributed by atoms with E-state index < -0.39 is 0 Å². The number of benzene rings is 1. The first kappa shape index (κ1) is 14.1. The molecule has 21 heavy (non-hydrogen) atoms. The molecule has 1 saturated heterocycles. The topological polar surface area (TPSA) is 29.0 Å². The van der Waals surface area contributed by atoms with Crippen LogP contribution in [0.15, 0.2) is 36.5 Å². The Labute approximate surface area is 124 Å². The summed E-state index contributed by atoms with van der Waals surface area (Å²) in [6.45, 7) is 3.54. The summed E-state index contributed by atoms with van der Waals surface area (Å²) in [4.78, 5) is 11.1. The maximum absolute atomic E-state index is 13.9. The van der Waals surface area contributed by atoms with Crippen LogP contribution in [0.1, 0.15) is 42.4 Å². The van der Waals surface area contributed by atoms with Crippen molar-refractivity contribution < 1.29 is 4.39 Å². The van der Waals surface area contributed by atoms with Crippen molar-refractivity contribution in [2.24, 2.45) is 0 Å². The van der Waals surface area contributed by atoms with Crippen molar-refractivity contribution in [3.8, 4) is 0 Å². The van der Waals surface area contributed by atoms with E-state index in [1.807, 2.05) is 31.3 Å². The molecule has 3 nitrogen and oxygen atoms in total. The van der Waals surface area contributed by atoms with Gasteiger partial charge in [-0.2, -0.15) is 0 Å². The largest absolute Gasteiger partial charge is 0.290 e. The standard InChI is InChI=1S/C17H20FN3/c1-13-19-10-9-16(20-13)17-8-4-5-11-21(17)12-14-6-2-3-7-15(14)18/h2-3,6-7,9-10,17H,4-5,8,11-12H2,1H3. The number of halogens is 1. The van der Waals surface area contributed by atoms with Gasteiger partial charge < -0.3 is 0 Å². The molecule has 0 saturated carbocycles. The first-order valence-electron chi connectivity index (χ1n) is 7.51. The number of aryl methyl sites for hydroxylation is 1. The van der Waals surface area contributed by atoms with E-state index in [9.17, 15) is 4.39 Å². The van der Waals surface area contributed by atoms with E-state index >= 15 is 0 Å². The SMILES string of the molecule is Cc1nccc(C2CCCCN2Cc2ccccc2F)n1. The Morgan fingerprint density at radius 2 is 2.10 bits per heavy atom. The lowest BCUT2D eigenvalue weighted by Crippen LogP contribution is -2.33. The van der Waals surface area contributed by atoms with Crippen LogP contribution in [0.2, 0.25) is 0 Å². The Hall–Kier alpha value is -1.81. The van der Waals surface area contributed by atoms with E-state index in [0.717, 1.165) is 36.5 Å². The van der Waals surface area contributed by atoms with Gasteiger partial charge in [0, 0.05) is 18.3 Å². The van der Waals surface area contributed by atoms with Crippen molar-refractivity contribution in [1.29, 1.82) is 0 Å². The third kappa shape index (κ3) is 3.27. The molecular weight excluding hydrogens is 265 g/mol. The third-order valence-electron chi connectivity index (χ3n) is 4.08. The van der Waals surface area contributed by atoms with E-state index in [4.69, 9.17) is 0 Å². The number of rotatable bonds is 3. The molecule has 1 aliphatic heterocycles. The zero-order chi connectivity index (χ0) is 14.7. The minimum Gasteiger partial charge on any atom is -0.290 e. The molecule has 4 heteroatoms. The quantitative estimate of drug-likeness (QED) is 0.862. The Morgan fingerprint density at radius 3 is 2.90 bits per heavy atom. The van der Waals surface area contributed by atoms with E-state index in [1.54, 1.807) is 6.07 Å². The average molecular weight is 285 g/mol. The van der Waals surface area contributed by atoms with Crippen molar-refractivity contribution >= 4 is 0 Å². The number of aromatic nitrogens is 2. The molecule has 0 N–H and O–H groups in total. The van der Waals surface area contributed by atoms with Crippen LogP contribution in [0, 0.1) is 12.7 Å². The van der Waals surface area contributed by atoms with Crippen LogP contribution < -0.4 is 0 Å². The second-order valence-corrected chi connectivity index (χ2v) is 5.60. The van der Waals surface area contributed by atoms with E-state index in [0.29, 0.717) is 6.54 Å². The van der Waals surface area contributed by atoms with Gasteiger partial charge in [0.25, 0.3) is 0 Å². The monoisotopic (exact) mass is 285 g/mol. The fraction of sp³-hybridized carbons (Fsp3) is 0.412. The molecule has 1 aromatic heterocycles. The van der Waals surface area contributed by atoms with Crippen molar-refractivity contribution in [3.05, 3.63) is 59.4 Å². The molecule has 1 unspecified atom stereocenters. The maximum atomic E-state index is 13.9. The van der Waals surface area contributed by atoms with Gasteiger partial charge in [0.15, 0.2) is 0 Å². The van der Waals surface area contributed by atoms with Crippen LogP contribution in [0.3, 0.4) is 0 Å². The van der Waals surface area contributed by atoms with Gasteiger partial charge in [-0.15, -0.1) is 0 Å². The number of nitrogens with zero attached hydrogens (tertiary/aromatic N) is 3. The number of hydrogen-bond donors (Lipinski definition) is 0. The van der Waals surface area contributed by atoms with Crippen LogP contribution in [-0.4, -0.2) is 21.4 Å². The summed E-state index contributed by atoms with van der Waals surface area (Å²) in [5, 5.41) is 0. The highest BCUT2D eigenvalue weighted by atomic mass is 19.1. The molecule has 2 heterocycles. The summed E-state index contributed by atoms with van der Waals surface area (Å²) in [6, 6.07) is 9.28. The van der Waals surface area contributed by atoms with E-state index in [-0.39, 0.29) is 11.9 Å². The zero-order valence-corrected chi connectivity index (χ0v) is 12.3. The summed E-state index contributed by atoms with van der Waals surface area (Å²) >= 11 is 0. The van der Waals surface area contributed by atoms with Crippen LogP contribution >= 0.6 is 0 Å². The Bertz CT molecular complexity index is 614. The molecule has 1 fully saturated rings. The molecule has 1 atom stereocenters. The Balaban J connectivity index is 1.83. The molecule has 3 rings (SSSR count). The minimum absolute atomic E-state index is 0.124. The number of likely N-dealkylation sites (tertiary alicyclic amines) is 1. The minimum atomic E-state index is -0.124. The molecule has 0 amide bonds. The zero-order valence-electron chi connectivity index (χ0n) is 12.3. The predicted molar refractivity (Wildman–Crippen MR) is 80.2 cm³/mol. The molecule has 0 spiro atoms. The number of piperidine rings is 1. The van der Waals surface area contributed by atoms with Crippen molar-refractivity contribution in [1.82, 2.24) is 14.9 Å². The molecule has 0 aliphatic carbocycles. The highest BCUT2D eigenvalue weighted by Crippen LogP contribution is 2.31. The van der Waals surface area contributed by atoms with Crippen molar-refractivity contribution in [2.45, 2.75) is 38.8 Å². The first-order valence-corrected chi connectivity index (χ1v) is 7.51. The van der Waals surface area contributed by atoms with Gasteiger partial charge >= 0.3 is 0 Å². The van der Waals surface area contributed by atoms with Crippen LogP contribution in [-0.2, 0) is 6.54 Å². The second-order valence-electron chi connectivity index (χ2n) is 5.60. The summed E-state index contributed by atoms with van der Waals surface area (Å²) in [7, 11) is 0. The summed E-state index contributed by atoms with van der Waals surface area (Å²) < 4.78 is 13.9. The Kier molecular flexibility index (Phi) is 4.25. The predicted octanol–water partition coefficient (Wildman–Crippen LogP) is 3.65. The fourth-order valence-electron chi connectivity index (χ4n) is 3.02. The molecule has 0 radical (unpaired) electrons. The molecule has 1 aromatic carbocycles. The molecule has 1 aliphatic rings. The van der Waals surface area contributed by atoms with Crippen LogP contribution in [0.25, 0.3) is 0 Å². The number of hydrogen-bond acceptors (Lipinski definition) is 3. The van der Waals surface area contributed by atoms with Gasteiger partial charge in [0.2, 0.25) is 0 Å². The van der Waals surface area contributed by atoms with Gasteiger partial charge in [-0.25, -0.2) is 14.4 Å². The van der Waals surface area contributed by atoms with Gasteiger partial charge in [0.05, 0.1) is 11.7 Å². The van der Waals surface area contributed by atoms with Crippen molar-refractivity contribution in [3.63, 3.8) is 0 Å². The van der Waals surface area contributed by atoms with E-state index in [1.165, 1.54) is 12.5 Å². The average Bonchev–Trinajstić information content (AvgIpc) is 2.50. The lowest BCUT2D eigenvalue weighted by molar-refractivity contribution is 0.135. The van der Waals surface area contributed by atoms with Gasteiger partial charge in [-0.3, -0.25) is 4.90 Å². The second kappa shape index (κ2) is 6.31. The van der Waals surface area contributed by atoms with Crippen LogP contribution in [0.5, 0.6) is 0 Å². The van der Waals surface area contributed by atoms with Crippen LogP contribution in [0.4, 0.5) is 4.39 Å². The lowest BCUT2D eigenvalue weighted by atomic mass is 9.98. The van der Waals surface area contributed by atoms with Gasteiger partial charge in [0.1, 0.15) is 11.6 Å². The molecule has 2 aromatic rings. The molecule has 0 bridgehead atoms.